The number of hydrogen-bond donors (Lipinski definition) is 0. The third-order valence-electron chi connectivity index (χ3n) is 4.75. The Morgan fingerprint density at radius 3 is 2.59 bits per heavy atom. The molecule has 3 aliphatic rings. The zero-order valence-electron chi connectivity index (χ0n) is 13.9. The van der Waals surface area contributed by atoms with Crippen LogP contribution in [0.2, 0.25) is 5.02 Å². The fraction of sp³-hybridized carbons (Fsp3) is 0.211. The highest BCUT2D eigenvalue weighted by Crippen LogP contribution is 2.39. The fourth-order valence-corrected chi connectivity index (χ4v) is 3.73. The number of anilines is 1. The summed E-state index contributed by atoms with van der Waals surface area (Å²) in [5.41, 5.74) is 1.35. The Morgan fingerprint density at radius 1 is 1.00 bits per heavy atom. The van der Waals surface area contributed by atoms with Crippen LogP contribution in [-0.4, -0.2) is 36.8 Å². The number of benzene rings is 2. The highest BCUT2D eigenvalue weighted by atomic mass is 35.5. The van der Waals surface area contributed by atoms with Crippen molar-refractivity contribution in [2.45, 2.75) is 6.10 Å². The Bertz CT molecular complexity index is 1010. The van der Waals surface area contributed by atoms with Gasteiger partial charge in [0, 0.05) is 16.7 Å². The molecular formula is C19H13ClN2O5. The van der Waals surface area contributed by atoms with Gasteiger partial charge < -0.3 is 14.3 Å². The minimum absolute atomic E-state index is 0.365. The van der Waals surface area contributed by atoms with Crippen molar-refractivity contribution in [2.24, 2.45) is 11.1 Å². The third kappa shape index (κ3) is 2.39. The van der Waals surface area contributed by atoms with Crippen molar-refractivity contribution < 1.29 is 23.9 Å². The first-order valence-corrected chi connectivity index (χ1v) is 8.79. The number of hydrogen-bond acceptors (Lipinski definition) is 6. The summed E-state index contributed by atoms with van der Waals surface area (Å²) in [7, 11) is 0. The van der Waals surface area contributed by atoms with Crippen molar-refractivity contribution in [3.63, 3.8) is 0 Å². The molecular weight excluding hydrogens is 372 g/mol. The number of ether oxygens (including phenoxy) is 2. The number of fused-ring (bicyclic) bond motifs is 2. The van der Waals surface area contributed by atoms with Gasteiger partial charge >= 0.3 is 0 Å². The Labute approximate surface area is 159 Å². The molecule has 5 rings (SSSR count). The summed E-state index contributed by atoms with van der Waals surface area (Å²) in [6, 6.07) is 12.0. The standard InChI is InChI=1S/C19H13ClN2O5/c20-12-4-2-1-3-11(12)16-15-17(27-21-16)19(24)22(18(15)23)10-5-6-13-14(9-10)26-8-7-25-13/h1-6,9,15,17H,7-8H2. The number of amides is 2. The van der Waals surface area contributed by atoms with E-state index in [2.05, 4.69) is 5.16 Å². The van der Waals surface area contributed by atoms with Gasteiger partial charge in [0.05, 0.1) is 5.69 Å². The van der Waals surface area contributed by atoms with E-state index in [-0.39, 0.29) is 0 Å². The lowest BCUT2D eigenvalue weighted by Crippen LogP contribution is -2.33. The molecule has 0 radical (unpaired) electrons. The van der Waals surface area contributed by atoms with Gasteiger partial charge in [-0.15, -0.1) is 0 Å². The highest BCUT2D eigenvalue weighted by Gasteiger charge is 2.56. The topological polar surface area (TPSA) is 77.4 Å². The van der Waals surface area contributed by atoms with E-state index in [4.69, 9.17) is 25.9 Å². The summed E-state index contributed by atoms with van der Waals surface area (Å²) in [6.45, 7) is 0.875. The predicted molar refractivity (Wildman–Crippen MR) is 96.3 cm³/mol. The lowest BCUT2D eigenvalue weighted by Gasteiger charge is -2.21. The summed E-state index contributed by atoms with van der Waals surface area (Å²) in [5, 5.41) is 4.41. The maximum atomic E-state index is 13.1. The van der Waals surface area contributed by atoms with Gasteiger partial charge in [0.25, 0.3) is 5.91 Å². The number of rotatable bonds is 2. The molecule has 3 heterocycles. The second kappa shape index (κ2) is 5.99. The average molecular weight is 385 g/mol. The van der Waals surface area contributed by atoms with E-state index in [0.717, 1.165) is 4.90 Å². The smallest absolute Gasteiger partial charge is 0.278 e. The maximum absolute atomic E-state index is 13.1. The van der Waals surface area contributed by atoms with Gasteiger partial charge in [0.15, 0.2) is 11.5 Å². The van der Waals surface area contributed by atoms with E-state index in [0.29, 0.717) is 46.7 Å². The number of oxime groups is 1. The molecule has 27 heavy (non-hydrogen) atoms. The molecule has 0 aliphatic carbocycles. The van der Waals surface area contributed by atoms with E-state index in [9.17, 15) is 9.59 Å². The molecule has 8 heteroatoms. The van der Waals surface area contributed by atoms with Crippen molar-refractivity contribution in [3.8, 4) is 11.5 Å². The van der Waals surface area contributed by atoms with Gasteiger partial charge in [0.1, 0.15) is 24.8 Å². The Kier molecular flexibility index (Phi) is 3.58. The number of imide groups is 1. The molecule has 2 amide bonds. The van der Waals surface area contributed by atoms with Crippen molar-refractivity contribution in [3.05, 3.63) is 53.1 Å². The molecule has 136 valence electrons. The third-order valence-corrected chi connectivity index (χ3v) is 5.08. The van der Waals surface area contributed by atoms with Gasteiger partial charge in [-0.05, 0) is 18.2 Å². The van der Waals surface area contributed by atoms with Crippen LogP contribution < -0.4 is 14.4 Å². The van der Waals surface area contributed by atoms with Gasteiger partial charge in [-0.3, -0.25) is 9.59 Å². The van der Waals surface area contributed by atoms with E-state index in [1.54, 1.807) is 42.5 Å². The van der Waals surface area contributed by atoms with E-state index < -0.39 is 23.8 Å². The first kappa shape index (κ1) is 16.1. The summed E-state index contributed by atoms with van der Waals surface area (Å²) in [5.74, 6) is -0.618. The molecule has 0 saturated carbocycles. The van der Waals surface area contributed by atoms with Crippen LogP contribution in [-0.2, 0) is 14.4 Å². The Morgan fingerprint density at radius 2 is 1.78 bits per heavy atom. The van der Waals surface area contributed by atoms with Crippen molar-refractivity contribution in [2.75, 3.05) is 18.1 Å². The molecule has 7 nitrogen and oxygen atoms in total. The maximum Gasteiger partial charge on any atom is 0.278 e. The molecule has 1 saturated heterocycles. The molecule has 0 aromatic heterocycles. The van der Waals surface area contributed by atoms with Crippen LogP contribution in [0.25, 0.3) is 0 Å². The summed E-state index contributed by atoms with van der Waals surface area (Å²) in [6.07, 6.45) is -0.989. The fourth-order valence-electron chi connectivity index (χ4n) is 3.49. The van der Waals surface area contributed by atoms with Crippen molar-refractivity contribution >= 4 is 34.8 Å². The average Bonchev–Trinajstić information content (AvgIpc) is 3.22. The van der Waals surface area contributed by atoms with Gasteiger partial charge in [0.2, 0.25) is 12.0 Å². The van der Waals surface area contributed by atoms with Crippen LogP contribution in [0.15, 0.2) is 47.6 Å². The molecule has 2 aromatic rings. The molecule has 0 bridgehead atoms. The van der Waals surface area contributed by atoms with Crippen molar-refractivity contribution in [1.82, 2.24) is 0 Å². The van der Waals surface area contributed by atoms with Crippen LogP contribution in [0.5, 0.6) is 11.5 Å². The first-order chi connectivity index (χ1) is 13.1. The highest BCUT2D eigenvalue weighted by molar-refractivity contribution is 6.38. The number of carbonyl (C=O) groups excluding carboxylic acids is 2. The number of halogens is 1. The molecule has 2 aromatic carbocycles. The van der Waals surface area contributed by atoms with Crippen LogP contribution in [0.1, 0.15) is 5.56 Å². The van der Waals surface area contributed by atoms with Crippen LogP contribution >= 0.6 is 11.6 Å². The van der Waals surface area contributed by atoms with E-state index in [1.165, 1.54) is 0 Å². The summed E-state index contributed by atoms with van der Waals surface area (Å²) >= 11 is 6.23. The minimum Gasteiger partial charge on any atom is -0.486 e. The lowest BCUT2D eigenvalue weighted by atomic mass is 9.94. The SMILES string of the molecule is O=C1C2ON=C(c3ccccc3Cl)C2C(=O)N1c1ccc2c(c1)OCCO2. The minimum atomic E-state index is -0.989. The van der Waals surface area contributed by atoms with Gasteiger partial charge in [-0.25, -0.2) is 4.90 Å². The Hall–Kier alpha value is -3.06. The summed E-state index contributed by atoms with van der Waals surface area (Å²) < 4.78 is 11.0. The molecule has 1 fully saturated rings. The second-order valence-corrected chi connectivity index (χ2v) is 6.71. The number of nitrogens with zero attached hydrogens (tertiary/aromatic N) is 2. The molecule has 3 aliphatic heterocycles. The first-order valence-electron chi connectivity index (χ1n) is 8.41. The quantitative estimate of drug-likeness (QED) is 0.743. The normalized spacial score (nSPS) is 23.1. The monoisotopic (exact) mass is 384 g/mol. The lowest BCUT2D eigenvalue weighted by molar-refractivity contribution is -0.126. The molecule has 2 atom stereocenters. The van der Waals surface area contributed by atoms with E-state index >= 15 is 0 Å². The molecule has 0 N–H and O–H groups in total. The predicted octanol–water partition coefficient (Wildman–Crippen LogP) is 2.40. The Balaban J connectivity index is 1.51. The van der Waals surface area contributed by atoms with Crippen LogP contribution in [0.4, 0.5) is 5.69 Å². The summed E-state index contributed by atoms with van der Waals surface area (Å²) in [4.78, 5) is 32.3. The van der Waals surface area contributed by atoms with Crippen molar-refractivity contribution in [1.29, 1.82) is 0 Å². The second-order valence-electron chi connectivity index (χ2n) is 6.30. The van der Waals surface area contributed by atoms with Gasteiger partial charge in [-0.1, -0.05) is 35.0 Å². The zero-order chi connectivity index (χ0) is 18.5. The zero-order valence-corrected chi connectivity index (χ0v) is 14.7. The molecule has 0 spiro atoms. The largest absolute Gasteiger partial charge is 0.486 e. The molecule has 2 unspecified atom stereocenters. The number of carbonyl (C=O) groups is 2. The van der Waals surface area contributed by atoms with Gasteiger partial charge in [-0.2, -0.15) is 0 Å². The van der Waals surface area contributed by atoms with Crippen LogP contribution in [0, 0.1) is 5.92 Å². The van der Waals surface area contributed by atoms with Crippen LogP contribution in [0.3, 0.4) is 0 Å². The van der Waals surface area contributed by atoms with E-state index in [1.807, 2.05) is 0 Å².